The highest BCUT2D eigenvalue weighted by atomic mass is 16.6. The highest BCUT2D eigenvalue weighted by molar-refractivity contribution is 5.93. The van der Waals surface area contributed by atoms with Gasteiger partial charge in [0.1, 0.15) is 30.8 Å². The summed E-state index contributed by atoms with van der Waals surface area (Å²) in [4.78, 5) is 51.9. The molecular formula is C25H36N4O6. The number of methoxy groups -OCH3 is 1. The zero-order chi connectivity index (χ0) is 26.8. The molecule has 0 radical (unpaired) electrons. The predicted octanol–water partition coefficient (Wildman–Crippen LogP) is 2.48. The molecule has 2 atom stereocenters. The van der Waals surface area contributed by atoms with Gasteiger partial charge in [0.15, 0.2) is 0 Å². The number of nitrogens with one attached hydrogen (secondary N) is 2. The van der Waals surface area contributed by atoms with Crippen LogP contribution >= 0.6 is 0 Å². The van der Waals surface area contributed by atoms with Crippen LogP contribution in [-0.4, -0.2) is 60.6 Å². The largest absolute Gasteiger partial charge is 0.468 e. The minimum Gasteiger partial charge on any atom is -0.468 e. The minimum atomic E-state index is -1.22. The smallest absolute Gasteiger partial charge is 0.408 e. The number of alkyl carbamates (subject to hydrolysis) is 1. The quantitative estimate of drug-likeness (QED) is 0.381. The number of benzene rings is 1. The van der Waals surface area contributed by atoms with Gasteiger partial charge in [-0.3, -0.25) is 14.4 Å². The summed E-state index contributed by atoms with van der Waals surface area (Å²) in [6.07, 6.45) is -0.0179. The first-order valence-electron chi connectivity index (χ1n) is 11.4. The van der Waals surface area contributed by atoms with Gasteiger partial charge >= 0.3 is 12.1 Å². The van der Waals surface area contributed by atoms with E-state index in [1.165, 1.54) is 7.11 Å². The molecule has 0 saturated carbocycles. The predicted molar refractivity (Wildman–Crippen MR) is 129 cm³/mol. The Balaban J connectivity index is 3.41. The van der Waals surface area contributed by atoms with Gasteiger partial charge in [0, 0.05) is 0 Å². The summed E-state index contributed by atoms with van der Waals surface area (Å²) in [6.45, 7) is 9.70. The second-order valence-electron chi connectivity index (χ2n) is 9.28. The zero-order valence-corrected chi connectivity index (χ0v) is 21.5. The number of aryl methyl sites for hydroxylation is 1. The molecule has 0 bridgehead atoms. The number of ether oxygens (including phenoxy) is 2. The summed E-state index contributed by atoms with van der Waals surface area (Å²) < 4.78 is 9.86. The van der Waals surface area contributed by atoms with Crippen LogP contribution in [0.1, 0.15) is 58.7 Å². The van der Waals surface area contributed by atoms with Crippen LogP contribution in [0.3, 0.4) is 0 Å². The minimum absolute atomic E-state index is 0.377. The molecule has 35 heavy (non-hydrogen) atoms. The van der Waals surface area contributed by atoms with Gasteiger partial charge in [-0.2, -0.15) is 5.26 Å². The van der Waals surface area contributed by atoms with Crippen molar-refractivity contribution in [2.75, 3.05) is 20.2 Å². The van der Waals surface area contributed by atoms with Gasteiger partial charge in [0.2, 0.25) is 11.8 Å². The van der Waals surface area contributed by atoms with E-state index in [-0.39, 0.29) is 5.92 Å². The van der Waals surface area contributed by atoms with Crippen molar-refractivity contribution in [3.8, 4) is 6.07 Å². The Morgan fingerprint density at radius 3 is 2.17 bits per heavy atom. The standard InChI is InChI=1S/C25H36N4O6/c1-8-17-9-11-18(12-10-17)21(22(31)27-15-19(30)34-7)29(14-13-26)23(32)20(16(2)3)28-24(33)35-25(4,5)6/h9-12,16,20-21H,8,14-15H2,1-7H3,(H,27,31)(H,28,33). The van der Waals surface area contributed by atoms with Gasteiger partial charge in [-0.1, -0.05) is 45.0 Å². The van der Waals surface area contributed by atoms with Crippen molar-refractivity contribution in [2.24, 2.45) is 5.92 Å². The van der Waals surface area contributed by atoms with E-state index >= 15 is 0 Å². The summed E-state index contributed by atoms with van der Waals surface area (Å²) >= 11 is 0. The summed E-state index contributed by atoms with van der Waals surface area (Å²) in [5.41, 5.74) is 0.693. The van der Waals surface area contributed by atoms with Crippen molar-refractivity contribution in [1.82, 2.24) is 15.5 Å². The lowest BCUT2D eigenvalue weighted by Crippen LogP contribution is -2.55. The van der Waals surface area contributed by atoms with Crippen LogP contribution < -0.4 is 10.6 Å². The molecule has 0 saturated heterocycles. The number of esters is 1. The third-order valence-corrected chi connectivity index (χ3v) is 5.03. The van der Waals surface area contributed by atoms with Crippen molar-refractivity contribution in [1.29, 1.82) is 5.26 Å². The highest BCUT2D eigenvalue weighted by Gasteiger charge is 2.37. The maximum absolute atomic E-state index is 13.6. The maximum Gasteiger partial charge on any atom is 0.408 e. The third kappa shape index (κ3) is 9.27. The second-order valence-corrected chi connectivity index (χ2v) is 9.28. The van der Waals surface area contributed by atoms with E-state index in [9.17, 15) is 24.4 Å². The van der Waals surface area contributed by atoms with Gasteiger partial charge in [-0.15, -0.1) is 0 Å². The van der Waals surface area contributed by atoms with E-state index in [2.05, 4.69) is 15.4 Å². The lowest BCUT2D eigenvalue weighted by atomic mass is 9.98. The first kappa shape index (κ1) is 29.4. The van der Waals surface area contributed by atoms with Crippen LogP contribution in [0.25, 0.3) is 0 Å². The Kier molecular flexibility index (Phi) is 11.2. The topological polar surface area (TPSA) is 138 Å². The molecule has 1 aromatic rings. The SMILES string of the molecule is CCc1ccc(C(C(=O)NCC(=O)OC)N(CC#N)C(=O)C(NC(=O)OC(C)(C)C)C(C)C)cc1. The van der Waals surface area contributed by atoms with Crippen LogP contribution in [0.5, 0.6) is 0 Å². The number of carbonyl (C=O) groups is 4. The first-order valence-corrected chi connectivity index (χ1v) is 11.4. The molecule has 1 aromatic carbocycles. The molecular weight excluding hydrogens is 452 g/mol. The van der Waals surface area contributed by atoms with Crippen LogP contribution in [0.2, 0.25) is 0 Å². The fourth-order valence-electron chi connectivity index (χ4n) is 3.24. The molecule has 0 heterocycles. The van der Waals surface area contributed by atoms with Gasteiger partial charge in [0.25, 0.3) is 0 Å². The van der Waals surface area contributed by atoms with Gasteiger partial charge in [-0.05, 0) is 44.2 Å². The molecule has 0 aliphatic carbocycles. The van der Waals surface area contributed by atoms with Crippen LogP contribution in [0, 0.1) is 17.2 Å². The van der Waals surface area contributed by atoms with Crippen molar-refractivity contribution in [2.45, 2.75) is 65.6 Å². The molecule has 0 spiro atoms. The van der Waals surface area contributed by atoms with Crippen molar-refractivity contribution in [3.05, 3.63) is 35.4 Å². The Bertz CT molecular complexity index is 931. The average molecular weight is 489 g/mol. The first-order chi connectivity index (χ1) is 16.3. The average Bonchev–Trinajstić information content (AvgIpc) is 2.79. The lowest BCUT2D eigenvalue weighted by Gasteiger charge is -2.34. The van der Waals surface area contributed by atoms with Crippen molar-refractivity contribution >= 4 is 23.9 Å². The van der Waals surface area contributed by atoms with E-state index < -0.39 is 54.7 Å². The summed E-state index contributed by atoms with van der Waals surface area (Å²) in [6, 6.07) is 6.68. The Hall–Kier alpha value is -3.61. The highest BCUT2D eigenvalue weighted by Crippen LogP contribution is 2.24. The third-order valence-electron chi connectivity index (χ3n) is 5.03. The molecule has 10 heteroatoms. The summed E-state index contributed by atoms with van der Waals surface area (Å²) in [5, 5.41) is 14.5. The number of rotatable bonds is 10. The summed E-state index contributed by atoms with van der Waals surface area (Å²) in [7, 11) is 1.19. The van der Waals surface area contributed by atoms with E-state index in [1.54, 1.807) is 46.8 Å². The fourth-order valence-corrected chi connectivity index (χ4v) is 3.24. The number of hydrogen-bond donors (Lipinski definition) is 2. The number of nitriles is 1. The van der Waals surface area contributed by atoms with E-state index in [4.69, 9.17) is 4.74 Å². The van der Waals surface area contributed by atoms with E-state index in [0.717, 1.165) is 16.9 Å². The Morgan fingerprint density at radius 1 is 1.11 bits per heavy atom. The monoisotopic (exact) mass is 488 g/mol. The Morgan fingerprint density at radius 2 is 1.71 bits per heavy atom. The van der Waals surface area contributed by atoms with E-state index in [0.29, 0.717) is 5.56 Å². The van der Waals surface area contributed by atoms with Crippen LogP contribution in [0.4, 0.5) is 4.79 Å². The number of carbonyl (C=O) groups excluding carboxylic acids is 4. The van der Waals surface area contributed by atoms with Crippen LogP contribution in [0.15, 0.2) is 24.3 Å². The molecule has 1 rings (SSSR count). The lowest BCUT2D eigenvalue weighted by molar-refractivity contribution is -0.144. The van der Waals surface area contributed by atoms with Crippen molar-refractivity contribution < 1.29 is 28.7 Å². The molecule has 2 N–H and O–H groups in total. The van der Waals surface area contributed by atoms with Crippen molar-refractivity contribution in [3.63, 3.8) is 0 Å². The molecule has 0 aromatic heterocycles. The summed E-state index contributed by atoms with van der Waals surface area (Å²) in [5.74, 6) is -2.34. The molecule has 10 nitrogen and oxygen atoms in total. The second kappa shape index (κ2) is 13.3. The maximum atomic E-state index is 13.6. The number of nitrogens with zero attached hydrogens (tertiary/aromatic N) is 2. The van der Waals surface area contributed by atoms with Gasteiger partial charge in [0.05, 0.1) is 13.2 Å². The van der Waals surface area contributed by atoms with Gasteiger partial charge < -0.3 is 25.0 Å². The molecule has 2 unspecified atom stereocenters. The molecule has 0 fully saturated rings. The van der Waals surface area contributed by atoms with Crippen LogP contribution in [-0.2, 0) is 30.3 Å². The fraction of sp³-hybridized carbons (Fsp3) is 0.560. The van der Waals surface area contributed by atoms with E-state index in [1.807, 2.05) is 25.1 Å². The molecule has 0 aliphatic heterocycles. The molecule has 3 amide bonds. The Labute approximate surface area is 206 Å². The number of hydrogen-bond acceptors (Lipinski definition) is 7. The zero-order valence-electron chi connectivity index (χ0n) is 21.5. The molecule has 0 aliphatic rings. The number of amides is 3. The normalized spacial score (nSPS) is 12.7. The molecule has 192 valence electrons. The van der Waals surface area contributed by atoms with Gasteiger partial charge in [-0.25, -0.2) is 4.79 Å².